The van der Waals surface area contributed by atoms with Gasteiger partial charge in [-0.05, 0) is 11.4 Å². The van der Waals surface area contributed by atoms with Gasteiger partial charge in [0.1, 0.15) is 0 Å². The highest BCUT2D eigenvalue weighted by Gasteiger charge is 2.21. The van der Waals surface area contributed by atoms with E-state index in [1.54, 1.807) is 9.80 Å². The van der Waals surface area contributed by atoms with Gasteiger partial charge in [-0.2, -0.15) is 0 Å². The van der Waals surface area contributed by atoms with Crippen LogP contribution in [0.3, 0.4) is 0 Å². The third-order valence-corrected chi connectivity index (χ3v) is 3.34. The van der Waals surface area contributed by atoms with E-state index in [1.807, 2.05) is 17.5 Å². The molecule has 1 aliphatic heterocycles. The van der Waals surface area contributed by atoms with Gasteiger partial charge in [-0.15, -0.1) is 11.3 Å². The minimum Gasteiger partial charge on any atom is -0.342 e. The minimum absolute atomic E-state index is 0.0792. The van der Waals surface area contributed by atoms with Crippen molar-refractivity contribution in [2.45, 2.75) is 0 Å². The van der Waals surface area contributed by atoms with Crippen LogP contribution in [0, 0.1) is 0 Å². The smallest absolute Gasteiger partial charge is 0.264 e. The summed E-state index contributed by atoms with van der Waals surface area (Å²) in [7, 11) is 0. The average Bonchev–Trinajstić information content (AvgIpc) is 2.82. The molecule has 0 radical (unpaired) electrons. The highest BCUT2D eigenvalue weighted by atomic mass is 32.1. The van der Waals surface area contributed by atoms with E-state index >= 15 is 0 Å². The first-order valence-corrected chi connectivity index (χ1v) is 5.71. The molecule has 0 atom stereocenters. The molecule has 2 rings (SSSR count). The summed E-state index contributed by atoms with van der Waals surface area (Å²) in [6.07, 6.45) is 0.840. The van der Waals surface area contributed by atoms with Crippen molar-refractivity contribution in [3.8, 4) is 0 Å². The van der Waals surface area contributed by atoms with Gasteiger partial charge in [0.25, 0.3) is 5.91 Å². The molecular weight excluding hydrogens is 212 g/mol. The number of carbonyl (C=O) groups excluding carboxylic acids is 2. The maximum Gasteiger partial charge on any atom is 0.264 e. The number of nitrogens with zero attached hydrogens (tertiary/aromatic N) is 2. The first-order chi connectivity index (χ1) is 7.31. The largest absolute Gasteiger partial charge is 0.342 e. The van der Waals surface area contributed by atoms with Crippen LogP contribution in [0.1, 0.15) is 9.67 Å². The molecule has 0 spiro atoms. The topological polar surface area (TPSA) is 40.6 Å². The fraction of sp³-hybridized carbons (Fsp3) is 0.400. The van der Waals surface area contributed by atoms with E-state index in [-0.39, 0.29) is 5.91 Å². The molecule has 1 fully saturated rings. The van der Waals surface area contributed by atoms with Gasteiger partial charge in [0.2, 0.25) is 6.41 Å². The summed E-state index contributed by atoms with van der Waals surface area (Å²) >= 11 is 1.46. The summed E-state index contributed by atoms with van der Waals surface area (Å²) in [6, 6.07) is 3.71. The van der Waals surface area contributed by atoms with Crippen LogP contribution in [0.4, 0.5) is 0 Å². The zero-order chi connectivity index (χ0) is 10.7. The van der Waals surface area contributed by atoms with Crippen molar-refractivity contribution in [3.05, 3.63) is 22.4 Å². The second-order valence-electron chi connectivity index (χ2n) is 3.41. The van der Waals surface area contributed by atoms with Gasteiger partial charge >= 0.3 is 0 Å². The van der Waals surface area contributed by atoms with Crippen LogP contribution in [0.25, 0.3) is 0 Å². The lowest BCUT2D eigenvalue weighted by molar-refractivity contribution is -0.119. The van der Waals surface area contributed by atoms with E-state index in [0.29, 0.717) is 26.2 Å². The monoisotopic (exact) mass is 224 g/mol. The zero-order valence-corrected chi connectivity index (χ0v) is 9.07. The maximum atomic E-state index is 11.9. The Bertz CT molecular complexity index is 342. The van der Waals surface area contributed by atoms with Crippen molar-refractivity contribution < 1.29 is 9.59 Å². The third kappa shape index (κ3) is 2.18. The highest BCUT2D eigenvalue weighted by molar-refractivity contribution is 7.12. The summed E-state index contributed by atoms with van der Waals surface area (Å²) in [6.45, 7) is 2.55. The molecule has 1 saturated heterocycles. The van der Waals surface area contributed by atoms with Crippen molar-refractivity contribution in [2.24, 2.45) is 0 Å². The normalized spacial score (nSPS) is 16.5. The first kappa shape index (κ1) is 10.2. The SMILES string of the molecule is O=CN1CCN(C(=O)c2cccs2)CC1. The van der Waals surface area contributed by atoms with Gasteiger partial charge in [-0.3, -0.25) is 9.59 Å². The summed E-state index contributed by atoms with van der Waals surface area (Å²) in [5.41, 5.74) is 0. The number of amides is 2. The molecular formula is C10H12N2O2S. The molecule has 80 valence electrons. The number of hydrogen-bond acceptors (Lipinski definition) is 3. The van der Waals surface area contributed by atoms with E-state index in [9.17, 15) is 9.59 Å². The summed E-state index contributed by atoms with van der Waals surface area (Å²) < 4.78 is 0. The second-order valence-corrected chi connectivity index (χ2v) is 4.36. The molecule has 1 aromatic rings. The maximum absolute atomic E-state index is 11.9. The Hall–Kier alpha value is -1.36. The predicted octanol–water partition coefficient (Wildman–Crippen LogP) is 0.662. The quantitative estimate of drug-likeness (QED) is 0.692. The Kier molecular flexibility index (Phi) is 3.01. The van der Waals surface area contributed by atoms with Crippen molar-refractivity contribution in [3.63, 3.8) is 0 Å². The van der Waals surface area contributed by atoms with Crippen LogP contribution >= 0.6 is 11.3 Å². The van der Waals surface area contributed by atoms with Gasteiger partial charge in [0.15, 0.2) is 0 Å². The van der Waals surface area contributed by atoms with Gasteiger partial charge in [-0.25, -0.2) is 0 Å². The molecule has 2 amide bonds. The lowest BCUT2D eigenvalue weighted by Gasteiger charge is -2.32. The average molecular weight is 224 g/mol. The molecule has 0 saturated carbocycles. The summed E-state index contributed by atoms with van der Waals surface area (Å²) in [5, 5.41) is 1.90. The lowest BCUT2D eigenvalue weighted by Crippen LogP contribution is -2.47. The van der Waals surface area contributed by atoms with Crippen LogP contribution in [-0.4, -0.2) is 48.3 Å². The van der Waals surface area contributed by atoms with E-state index in [2.05, 4.69) is 0 Å². The lowest BCUT2D eigenvalue weighted by atomic mass is 10.3. The van der Waals surface area contributed by atoms with E-state index in [4.69, 9.17) is 0 Å². The predicted molar refractivity (Wildman–Crippen MR) is 57.9 cm³/mol. The van der Waals surface area contributed by atoms with Gasteiger partial charge in [0, 0.05) is 26.2 Å². The van der Waals surface area contributed by atoms with Crippen LogP contribution in [0.5, 0.6) is 0 Å². The molecule has 1 aromatic heterocycles. The standard InChI is InChI=1S/C10H12N2O2S/c13-8-11-3-5-12(6-4-11)10(14)9-2-1-7-15-9/h1-2,7-8H,3-6H2. The van der Waals surface area contributed by atoms with Crippen molar-refractivity contribution >= 4 is 23.7 Å². The highest BCUT2D eigenvalue weighted by Crippen LogP contribution is 2.13. The second kappa shape index (κ2) is 4.44. The minimum atomic E-state index is 0.0792. The molecule has 0 bridgehead atoms. The van der Waals surface area contributed by atoms with E-state index in [0.717, 1.165) is 11.3 Å². The Morgan fingerprint density at radius 2 is 2.07 bits per heavy atom. The molecule has 5 heteroatoms. The molecule has 1 aliphatic rings. The molecule has 0 aliphatic carbocycles. The van der Waals surface area contributed by atoms with E-state index in [1.165, 1.54) is 11.3 Å². The molecule has 0 unspecified atom stereocenters. The number of thiophene rings is 1. The fourth-order valence-electron chi connectivity index (χ4n) is 1.59. The van der Waals surface area contributed by atoms with Crippen molar-refractivity contribution in [1.29, 1.82) is 0 Å². The Balaban J connectivity index is 1.96. The number of carbonyl (C=O) groups is 2. The molecule has 2 heterocycles. The first-order valence-electron chi connectivity index (χ1n) is 4.83. The summed E-state index contributed by atoms with van der Waals surface area (Å²) in [4.78, 5) is 26.6. The zero-order valence-electron chi connectivity index (χ0n) is 8.26. The molecule has 4 nitrogen and oxygen atoms in total. The fourth-order valence-corrected chi connectivity index (χ4v) is 2.28. The van der Waals surface area contributed by atoms with Crippen LogP contribution in [-0.2, 0) is 4.79 Å². The van der Waals surface area contributed by atoms with Crippen molar-refractivity contribution in [2.75, 3.05) is 26.2 Å². The Labute approximate surface area is 92.1 Å². The molecule has 0 aromatic carbocycles. The third-order valence-electron chi connectivity index (χ3n) is 2.48. The number of hydrogen-bond donors (Lipinski definition) is 0. The number of piperazine rings is 1. The number of rotatable bonds is 2. The Morgan fingerprint density at radius 3 is 2.60 bits per heavy atom. The Morgan fingerprint density at radius 1 is 1.33 bits per heavy atom. The van der Waals surface area contributed by atoms with Crippen molar-refractivity contribution in [1.82, 2.24) is 9.80 Å². The van der Waals surface area contributed by atoms with Crippen LogP contribution in [0.15, 0.2) is 17.5 Å². The van der Waals surface area contributed by atoms with Gasteiger partial charge in [-0.1, -0.05) is 6.07 Å². The molecule has 15 heavy (non-hydrogen) atoms. The van der Waals surface area contributed by atoms with Crippen LogP contribution < -0.4 is 0 Å². The van der Waals surface area contributed by atoms with E-state index < -0.39 is 0 Å². The summed E-state index contributed by atoms with van der Waals surface area (Å²) in [5.74, 6) is 0.0792. The van der Waals surface area contributed by atoms with Gasteiger partial charge in [0.05, 0.1) is 4.88 Å². The van der Waals surface area contributed by atoms with Crippen LogP contribution in [0.2, 0.25) is 0 Å². The molecule has 0 N–H and O–H groups in total. The van der Waals surface area contributed by atoms with Gasteiger partial charge < -0.3 is 9.80 Å².